The molecule has 0 saturated carbocycles. The summed E-state index contributed by atoms with van der Waals surface area (Å²) < 4.78 is 5.21. The number of ether oxygens (including phenoxy) is 1. The van der Waals surface area contributed by atoms with Crippen LogP contribution >= 0.6 is 0 Å². The van der Waals surface area contributed by atoms with Crippen LogP contribution in [0.15, 0.2) is 0 Å². The normalized spacial score (nSPS) is 26.7. The predicted molar refractivity (Wildman–Crippen MR) is 60.7 cm³/mol. The van der Waals surface area contributed by atoms with Gasteiger partial charge in [-0.05, 0) is 39.2 Å². The van der Waals surface area contributed by atoms with Crippen LogP contribution in [0.25, 0.3) is 0 Å². The van der Waals surface area contributed by atoms with E-state index in [-0.39, 0.29) is 18.1 Å². The number of nitrogens with one attached hydrogen (secondary N) is 1. The van der Waals surface area contributed by atoms with Crippen LogP contribution in [0.2, 0.25) is 0 Å². The topological polar surface area (TPSA) is 38.3 Å². The van der Waals surface area contributed by atoms with Crippen molar-refractivity contribution in [1.82, 2.24) is 5.32 Å². The summed E-state index contributed by atoms with van der Waals surface area (Å²) in [6.45, 7) is 6.93. The van der Waals surface area contributed by atoms with Gasteiger partial charge < -0.3 is 10.1 Å². The van der Waals surface area contributed by atoms with Gasteiger partial charge in [-0.25, -0.2) is 0 Å². The highest BCUT2D eigenvalue weighted by Gasteiger charge is 2.27. The summed E-state index contributed by atoms with van der Waals surface area (Å²) in [6, 6.07) is -0.0716. The van der Waals surface area contributed by atoms with Crippen LogP contribution in [-0.4, -0.2) is 24.7 Å². The Bertz CT molecular complexity index is 202. The van der Waals surface area contributed by atoms with Crippen LogP contribution in [0.4, 0.5) is 0 Å². The maximum Gasteiger partial charge on any atom is 0.323 e. The largest absolute Gasteiger partial charge is 0.462 e. The molecule has 2 atom stereocenters. The van der Waals surface area contributed by atoms with E-state index >= 15 is 0 Å². The lowest BCUT2D eigenvalue weighted by atomic mass is 9.89. The Kier molecular flexibility index (Phi) is 5.09. The second kappa shape index (κ2) is 6.11. The van der Waals surface area contributed by atoms with E-state index < -0.39 is 0 Å². The minimum absolute atomic E-state index is 0.00847. The number of esters is 1. The Hall–Kier alpha value is -0.570. The second-order valence-electron chi connectivity index (χ2n) is 4.67. The zero-order chi connectivity index (χ0) is 11.3. The molecule has 0 radical (unpaired) electrons. The molecule has 88 valence electrons. The summed E-state index contributed by atoms with van der Waals surface area (Å²) in [7, 11) is 0. The van der Waals surface area contributed by atoms with Crippen LogP contribution in [0.5, 0.6) is 0 Å². The molecule has 0 aromatic carbocycles. The van der Waals surface area contributed by atoms with Gasteiger partial charge in [0.15, 0.2) is 0 Å². The van der Waals surface area contributed by atoms with Gasteiger partial charge in [-0.1, -0.05) is 19.8 Å². The van der Waals surface area contributed by atoms with Crippen molar-refractivity contribution >= 4 is 5.97 Å². The van der Waals surface area contributed by atoms with E-state index in [9.17, 15) is 4.79 Å². The Morgan fingerprint density at radius 1 is 1.53 bits per heavy atom. The quantitative estimate of drug-likeness (QED) is 0.727. The van der Waals surface area contributed by atoms with Crippen molar-refractivity contribution in [2.24, 2.45) is 5.92 Å². The first-order valence-electron chi connectivity index (χ1n) is 6.07. The molecule has 1 fully saturated rings. The van der Waals surface area contributed by atoms with Crippen LogP contribution in [0, 0.1) is 5.92 Å². The first-order chi connectivity index (χ1) is 7.13. The molecule has 0 aromatic rings. The van der Waals surface area contributed by atoms with Crippen molar-refractivity contribution in [1.29, 1.82) is 0 Å². The number of rotatable bonds is 4. The summed E-state index contributed by atoms with van der Waals surface area (Å²) in [5, 5.41) is 3.24. The summed E-state index contributed by atoms with van der Waals surface area (Å²) in [6.07, 6.45) is 4.56. The molecule has 0 amide bonds. The van der Waals surface area contributed by atoms with Gasteiger partial charge in [-0.2, -0.15) is 0 Å². The summed E-state index contributed by atoms with van der Waals surface area (Å²) in [5.41, 5.74) is 0. The Morgan fingerprint density at radius 3 is 2.87 bits per heavy atom. The zero-order valence-corrected chi connectivity index (χ0v) is 10.1. The second-order valence-corrected chi connectivity index (χ2v) is 4.67. The zero-order valence-electron chi connectivity index (χ0n) is 10.1. The Labute approximate surface area is 92.6 Å². The molecule has 2 unspecified atom stereocenters. The van der Waals surface area contributed by atoms with Gasteiger partial charge in [0.2, 0.25) is 0 Å². The van der Waals surface area contributed by atoms with Gasteiger partial charge in [0.25, 0.3) is 0 Å². The van der Waals surface area contributed by atoms with Crippen molar-refractivity contribution < 1.29 is 9.53 Å². The molecule has 0 bridgehead atoms. The molecule has 0 aromatic heterocycles. The summed E-state index contributed by atoms with van der Waals surface area (Å²) in [5.74, 6) is 0.617. The van der Waals surface area contributed by atoms with E-state index in [4.69, 9.17) is 4.74 Å². The molecule has 1 rings (SSSR count). The molecule has 1 saturated heterocycles. The van der Waals surface area contributed by atoms with Crippen molar-refractivity contribution in [2.45, 2.75) is 58.6 Å². The third kappa shape index (κ3) is 4.20. The molecule has 1 aliphatic rings. The molecule has 3 heteroatoms. The molecule has 3 nitrogen and oxygen atoms in total. The first kappa shape index (κ1) is 12.5. The molecular formula is C12H23NO2. The van der Waals surface area contributed by atoms with Crippen LogP contribution in [0.3, 0.4) is 0 Å². The standard InChI is InChI=1S/C12H23NO2/c1-4-5-10-6-7-13-11(8-10)12(14)15-9(2)3/h9-11,13H,4-8H2,1-3H3. The minimum Gasteiger partial charge on any atom is -0.462 e. The maximum absolute atomic E-state index is 11.7. The van der Waals surface area contributed by atoms with Crippen molar-refractivity contribution in [3.8, 4) is 0 Å². The molecule has 15 heavy (non-hydrogen) atoms. The van der Waals surface area contributed by atoms with Gasteiger partial charge in [0.1, 0.15) is 6.04 Å². The Morgan fingerprint density at radius 2 is 2.27 bits per heavy atom. The lowest BCUT2D eigenvalue weighted by Crippen LogP contribution is -2.45. The highest BCUT2D eigenvalue weighted by Crippen LogP contribution is 2.21. The third-order valence-corrected chi connectivity index (χ3v) is 2.85. The maximum atomic E-state index is 11.7. The van der Waals surface area contributed by atoms with E-state index in [1.54, 1.807) is 0 Å². The minimum atomic E-state index is -0.0780. The first-order valence-corrected chi connectivity index (χ1v) is 6.07. The van der Waals surface area contributed by atoms with Crippen LogP contribution in [0.1, 0.15) is 46.5 Å². The van der Waals surface area contributed by atoms with Gasteiger partial charge in [0.05, 0.1) is 6.10 Å². The average Bonchev–Trinajstić information content (AvgIpc) is 2.17. The fraction of sp³-hybridized carbons (Fsp3) is 0.917. The summed E-state index contributed by atoms with van der Waals surface area (Å²) >= 11 is 0. The van der Waals surface area contributed by atoms with E-state index in [0.717, 1.165) is 13.0 Å². The molecule has 0 aliphatic carbocycles. The summed E-state index contributed by atoms with van der Waals surface area (Å²) in [4.78, 5) is 11.7. The highest BCUT2D eigenvalue weighted by atomic mass is 16.5. The van der Waals surface area contributed by atoms with Gasteiger partial charge in [-0.3, -0.25) is 4.79 Å². The number of hydrogen-bond donors (Lipinski definition) is 1. The SMILES string of the molecule is CCCC1CCNC(C(=O)OC(C)C)C1. The van der Waals surface area contributed by atoms with Gasteiger partial charge in [-0.15, -0.1) is 0 Å². The van der Waals surface area contributed by atoms with E-state index in [1.807, 2.05) is 13.8 Å². The lowest BCUT2D eigenvalue weighted by Gasteiger charge is -2.29. The molecule has 1 aliphatic heterocycles. The predicted octanol–water partition coefficient (Wildman–Crippen LogP) is 2.11. The van der Waals surface area contributed by atoms with Crippen LogP contribution < -0.4 is 5.32 Å². The van der Waals surface area contributed by atoms with Crippen LogP contribution in [-0.2, 0) is 9.53 Å². The number of carbonyl (C=O) groups is 1. The number of hydrogen-bond acceptors (Lipinski definition) is 3. The Balaban J connectivity index is 2.38. The average molecular weight is 213 g/mol. The van der Waals surface area contributed by atoms with Crippen molar-refractivity contribution in [3.63, 3.8) is 0 Å². The van der Waals surface area contributed by atoms with Crippen molar-refractivity contribution in [3.05, 3.63) is 0 Å². The molecule has 1 heterocycles. The molecular weight excluding hydrogens is 190 g/mol. The third-order valence-electron chi connectivity index (χ3n) is 2.85. The van der Waals surface area contributed by atoms with Crippen molar-refractivity contribution in [2.75, 3.05) is 6.54 Å². The van der Waals surface area contributed by atoms with Gasteiger partial charge >= 0.3 is 5.97 Å². The fourth-order valence-corrected chi connectivity index (χ4v) is 2.16. The van der Waals surface area contributed by atoms with E-state index in [0.29, 0.717) is 5.92 Å². The fourth-order valence-electron chi connectivity index (χ4n) is 2.16. The molecule has 0 spiro atoms. The van der Waals surface area contributed by atoms with E-state index in [2.05, 4.69) is 12.2 Å². The van der Waals surface area contributed by atoms with Gasteiger partial charge in [0, 0.05) is 0 Å². The molecule has 1 N–H and O–H groups in total. The van der Waals surface area contributed by atoms with E-state index in [1.165, 1.54) is 19.3 Å². The number of carbonyl (C=O) groups excluding carboxylic acids is 1. The number of piperidine rings is 1. The lowest BCUT2D eigenvalue weighted by molar-refractivity contribution is -0.151. The smallest absolute Gasteiger partial charge is 0.323 e. The monoisotopic (exact) mass is 213 g/mol. The highest BCUT2D eigenvalue weighted by molar-refractivity contribution is 5.76.